The number of fused-ring (bicyclic) bond motifs is 1. The number of aromatic hydroxyl groups is 1. The number of rotatable bonds is 5. The number of hydrogen-bond donors (Lipinski definition) is 3. The highest BCUT2D eigenvalue weighted by Crippen LogP contribution is 2.21. The Balaban J connectivity index is 2.20. The van der Waals surface area contributed by atoms with E-state index in [1.54, 1.807) is 6.07 Å². The molecule has 110 valence electrons. The molecule has 7 heteroatoms. The summed E-state index contributed by atoms with van der Waals surface area (Å²) in [5, 5.41) is 20.9. The third-order valence-corrected chi connectivity index (χ3v) is 2.83. The average Bonchev–Trinajstić information content (AvgIpc) is 2.37. The molecule has 7 nitrogen and oxygen atoms in total. The molecule has 21 heavy (non-hydrogen) atoms. The maximum Gasteiger partial charge on any atom is 0.336 e. The minimum atomic E-state index is -1.00. The Labute approximate surface area is 118 Å². The minimum Gasteiger partial charge on any atom is -0.508 e. The van der Waals surface area contributed by atoms with E-state index in [0.29, 0.717) is 10.9 Å². The second kappa shape index (κ2) is 6.08. The van der Waals surface area contributed by atoms with Crippen molar-refractivity contribution in [1.82, 2.24) is 5.32 Å². The third-order valence-electron chi connectivity index (χ3n) is 2.83. The van der Waals surface area contributed by atoms with Gasteiger partial charge in [-0.25, -0.2) is 4.79 Å². The molecule has 0 aliphatic heterocycles. The van der Waals surface area contributed by atoms with Crippen molar-refractivity contribution in [2.75, 3.05) is 6.54 Å². The number of carboxylic acids is 1. The molecule has 2 rings (SSSR count). The number of nitrogens with one attached hydrogen (secondary N) is 1. The largest absolute Gasteiger partial charge is 0.508 e. The minimum absolute atomic E-state index is 0.0222. The summed E-state index contributed by atoms with van der Waals surface area (Å²) in [6, 6.07) is 5.47. The van der Waals surface area contributed by atoms with E-state index in [-0.39, 0.29) is 30.7 Å². The molecule has 3 N–H and O–H groups in total. The van der Waals surface area contributed by atoms with Crippen LogP contribution in [-0.2, 0) is 16.0 Å². The second-order valence-electron chi connectivity index (χ2n) is 4.44. The van der Waals surface area contributed by atoms with Crippen LogP contribution >= 0.6 is 0 Å². The van der Waals surface area contributed by atoms with Crippen molar-refractivity contribution in [2.24, 2.45) is 0 Å². The number of aliphatic carboxylic acids is 1. The molecule has 0 aliphatic rings. The molecule has 1 aromatic heterocycles. The fourth-order valence-corrected chi connectivity index (χ4v) is 1.91. The smallest absolute Gasteiger partial charge is 0.336 e. The first-order valence-electron chi connectivity index (χ1n) is 6.20. The van der Waals surface area contributed by atoms with E-state index >= 15 is 0 Å². The molecule has 1 amide bonds. The Hall–Kier alpha value is -2.83. The van der Waals surface area contributed by atoms with Crippen molar-refractivity contribution >= 4 is 22.8 Å². The van der Waals surface area contributed by atoms with Crippen LogP contribution < -0.4 is 10.9 Å². The van der Waals surface area contributed by atoms with Gasteiger partial charge in [0, 0.05) is 24.1 Å². The van der Waals surface area contributed by atoms with Crippen LogP contribution in [0.1, 0.15) is 12.0 Å². The van der Waals surface area contributed by atoms with Crippen LogP contribution in [0.5, 0.6) is 5.75 Å². The fraction of sp³-hybridized carbons (Fsp3) is 0.214. The van der Waals surface area contributed by atoms with Crippen LogP contribution in [0.25, 0.3) is 11.0 Å². The number of carbonyl (C=O) groups excluding carboxylic acids is 1. The van der Waals surface area contributed by atoms with Gasteiger partial charge in [-0.05, 0) is 17.7 Å². The van der Waals surface area contributed by atoms with Crippen LogP contribution in [0.2, 0.25) is 0 Å². The molecule has 0 spiro atoms. The van der Waals surface area contributed by atoms with E-state index in [1.165, 1.54) is 18.2 Å². The number of phenols is 1. The van der Waals surface area contributed by atoms with Gasteiger partial charge in [0.15, 0.2) is 0 Å². The van der Waals surface area contributed by atoms with Gasteiger partial charge in [0.1, 0.15) is 11.3 Å². The number of carbonyl (C=O) groups is 2. The molecule has 0 radical (unpaired) electrons. The fourth-order valence-electron chi connectivity index (χ4n) is 1.91. The number of benzene rings is 1. The van der Waals surface area contributed by atoms with Crippen molar-refractivity contribution in [3.8, 4) is 5.75 Å². The van der Waals surface area contributed by atoms with Crippen molar-refractivity contribution in [2.45, 2.75) is 12.8 Å². The van der Waals surface area contributed by atoms with Crippen LogP contribution in [0.4, 0.5) is 0 Å². The highest BCUT2D eigenvalue weighted by molar-refractivity contribution is 5.87. The average molecular weight is 291 g/mol. The first kappa shape index (κ1) is 14.6. The number of phenolic OH excluding ortho intramolecular Hbond substituents is 1. The zero-order valence-electron chi connectivity index (χ0n) is 11.0. The Morgan fingerprint density at radius 2 is 2.00 bits per heavy atom. The predicted molar refractivity (Wildman–Crippen MR) is 73.1 cm³/mol. The van der Waals surface area contributed by atoms with Crippen LogP contribution in [-0.4, -0.2) is 28.6 Å². The lowest BCUT2D eigenvalue weighted by Crippen LogP contribution is -2.27. The first-order valence-corrected chi connectivity index (χ1v) is 6.20. The molecule has 0 saturated carbocycles. The van der Waals surface area contributed by atoms with Gasteiger partial charge in [-0.2, -0.15) is 0 Å². The molecule has 0 aliphatic carbocycles. The standard InChI is InChI=1S/C14H13NO6/c16-9-1-2-10-8(6-14(20)21-11(10)7-9)5-12(17)15-4-3-13(18)19/h1-2,6-7,16H,3-5H2,(H,15,17)(H,18,19). The summed E-state index contributed by atoms with van der Waals surface area (Å²) in [6.07, 6.45) is -0.246. The molecular weight excluding hydrogens is 278 g/mol. The maximum atomic E-state index is 11.7. The Morgan fingerprint density at radius 3 is 2.71 bits per heavy atom. The Morgan fingerprint density at radius 1 is 1.24 bits per heavy atom. The Kier molecular flexibility index (Phi) is 4.22. The molecule has 0 bridgehead atoms. The molecule has 0 fully saturated rings. The van der Waals surface area contributed by atoms with Crippen molar-refractivity contribution < 1.29 is 24.2 Å². The zero-order valence-corrected chi connectivity index (χ0v) is 11.0. The van der Waals surface area contributed by atoms with Crippen LogP contribution in [0, 0.1) is 0 Å². The van der Waals surface area contributed by atoms with Crippen LogP contribution in [0.3, 0.4) is 0 Å². The SMILES string of the molecule is O=C(O)CCNC(=O)Cc1cc(=O)oc2cc(O)ccc12. The monoisotopic (exact) mass is 291 g/mol. The second-order valence-corrected chi connectivity index (χ2v) is 4.44. The number of carboxylic acid groups (broad SMARTS) is 1. The summed E-state index contributed by atoms with van der Waals surface area (Å²) in [5.74, 6) is -1.44. The third kappa shape index (κ3) is 3.82. The lowest BCUT2D eigenvalue weighted by atomic mass is 10.1. The van der Waals surface area contributed by atoms with E-state index in [1.807, 2.05) is 0 Å². The summed E-state index contributed by atoms with van der Waals surface area (Å²) in [6.45, 7) is 0.0222. The summed E-state index contributed by atoms with van der Waals surface area (Å²) in [5.41, 5.74) is 0.0198. The van der Waals surface area contributed by atoms with Crippen molar-refractivity contribution in [3.63, 3.8) is 0 Å². The van der Waals surface area contributed by atoms with E-state index in [4.69, 9.17) is 9.52 Å². The predicted octanol–water partition coefficient (Wildman–Crippen LogP) is 0.632. The van der Waals surface area contributed by atoms with Gasteiger partial charge < -0.3 is 19.9 Å². The molecule has 0 saturated heterocycles. The maximum absolute atomic E-state index is 11.7. The molecule has 0 unspecified atom stereocenters. The van der Waals surface area contributed by atoms with E-state index in [0.717, 1.165) is 0 Å². The zero-order chi connectivity index (χ0) is 15.4. The van der Waals surface area contributed by atoms with Crippen molar-refractivity contribution in [3.05, 3.63) is 40.2 Å². The van der Waals surface area contributed by atoms with Gasteiger partial charge in [-0.15, -0.1) is 0 Å². The quantitative estimate of drug-likeness (QED) is 0.696. The lowest BCUT2D eigenvalue weighted by molar-refractivity contribution is -0.136. The van der Waals surface area contributed by atoms with Crippen molar-refractivity contribution in [1.29, 1.82) is 0 Å². The van der Waals surface area contributed by atoms with Gasteiger partial charge in [-0.3, -0.25) is 9.59 Å². The van der Waals surface area contributed by atoms with Gasteiger partial charge >= 0.3 is 11.6 Å². The topological polar surface area (TPSA) is 117 Å². The molecule has 0 atom stereocenters. The lowest BCUT2D eigenvalue weighted by Gasteiger charge is -2.06. The highest BCUT2D eigenvalue weighted by Gasteiger charge is 2.11. The molecular formula is C14H13NO6. The van der Waals surface area contributed by atoms with Gasteiger partial charge in [0.2, 0.25) is 5.91 Å². The Bertz CT molecular complexity index is 749. The normalized spacial score (nSPS) is 10.5. The van der Waals surface area contributed by atoms with E-state index < -0.39 is 17.5 Å². The number of hydrogen-bond acceptors (Lipinski definition) is 5. The molecule has 1 aromatic carbocycles. The van der Waals surface area contributed by atoms with Gasteiger partial charge in [0.05, 0.1) is 12.8 Å². The van der Waals surface area contributed by atoms with E-state index in [2.05, 4.69) is 5.32 Å². The van der Waals surface area contributed by atoms with Crippen LogP contribution in [0.15, 0.2) is 33.5 Å². The first-order chi connectivity index (χ1) is 9.95. The molecule has 2 aromatic rings. The highest BCUT2D eigenvalue weighted by atomic mass is 16.4. The summed E-state index contributed by atoms with van der Waals surface area (Å²) in [7, 11) is 0. The summed E-state index contributed by atoms with van der Waals surface area (Å²) >= 11 is 0. The number of amides is 1. The molecule has 1 heterocycles. The summed E-state index contributed by atoms with van der Waals surface area (Å²) in [4.78, 5) is 33.5. The summed E-state index contributed by atoms with van der Waals surface area (Å²) < 4.78 is 4.95. The van der Waals surface area contributed by atoms with Gasteiger partial charge in [-0.1, -0.05) is 0 Å². The van der Waals surface area contributed by atoms with E-state index in [9.17, 15) is 19.5 Å². The van der Waals surface area contributed by atoms with Gasteiger partial charge in [0.25, 0.3) is 0 Å².